The van der Waals surface area contributed by atoms with Crippen LogP contribution >= 0.6 is 11.8 Å². The number of amidine groups is 1. The zero-order chi connectivity index (χ0) is 19.0. The molecule has 0 atom stereocenters. The number of fused-ring (bicyclic) bond motifs is 1. The number of aryl methyl sites for hydroxylation is 3. The summed E-state index contributed by atoms with van der Waals surface area (Å²) in [4.78, 5) is 16.1. The van der Waals surface area contributed by atoms with E-state index in [-0.39, 0.29) is 11.7 Å². The molecule has 0 radical (unpaired) electrons. The lowest BCUT2D eigenvalue weighted by molar-refractivity contribution is -0.116. The van der Waals surface area contributed by atoms with Gasteiger partial charge in [0.25, 0.3) is 0 Å². The third-order valence-corrected chi connectivity index (χ3v) is 5.48. The van der Waals surface area contributed by atoms with Gasteiger partial charge in [0.05, 0.1) is 11.4 Å². The molecule has 0 aromatic heterocycles. The quantitative estimate of drug-likeness (QED) is 0.823. The van der Waals surface area contributed by atoms with Gasteiger partial charge in [0, 0.05) is 23.4 Å². The molecular formula is C20H19FN4OS. The van der Waals surface area contributed by atoms with Crippen LogP contribution in [0, 0.1) is 19.7 Å². The number of hydrogen-bond donors (Lipinski definition) is 2. The minimum Gasteiger partial charge on any atom is -0.326 e. The fraction of sp³-hybridized carbons (Fsp3) is 0.250. The number of amides is 1. The van der Waals surface area contributed by atoms with Crippen LogP contribution in [-0.4, -0.2) is 22.5 Å². The van der Waals surface area contributed by atoms with Gasteiger partial charge in [0.2, 0.25) is 5.91 Å². The second-order valence-electron chi connectivity index (χ2n) is 6.70. The van der Waals surface area contributed by atoms with E-state index >= 15 is 0 Å². The molecule has 1 amide bonds. The average molecular weight is 382 g/mol. The number of hydrogen-bond acceptors (Lipinski definition) is 4. The van der Waals surface area contributed by atoms with Crippen molar-refractivity contribution in [1.82, 2.24) is 5.43 Å². The molecule has 4 rings (SSSR count). The first kappa shape index (κ1) is 17.7. The number of hydrazone groups is 1. The Balaban J connectivity index is 1.57. The molecule has 0 unspecified atom stereocenters. The third kappa shape index (κ3) is 3.73. The normalized spacial score (nSPS) is 17.8. The molecule has 0 saturated heterocycles. The summed E-state index contributed by atoms with van der Waals surface area (Å²) < 4.78 is 14.5. The maximum absolute atomic E-state index is 14.5. The van der Waals surface area contributed by atoms with E-state index < -0.39 is 0 Å². The second-order valence-corrected chi connectivity index (χ2v) is 7.67. The highest BCUT2D eigenvalue weighted by molar-refractivity contribution is 8.14. The number of nitrogens with one attached hydrogen (secondary N) is 2. The second kappa shape index (κ2) is 7.15. The van der Waals surface area contributed by atoms with Gasteiger partial charge >= 0.3 is 0 Å². The standard InChI is InChI=1S/C20H19FN4OS/c1-11-3-5-16(12(2)7-11)23-20-25-24-18(10-27-20)14-8-13-4-6-19(26)22-17(13)9-15(14)21/h3,5,7-9H,4,6,10H2,1-2H3,(H,22,26)(H,23,25). The maximum atomic E-state index is 14.5. The molecule has 0 fully saturated rings. The van der Waals surface area contributed by atoms with Gasteiger partial charge in [-0.3, -0.25) is 10.2 Å². The van der Waals surface area contributed by atoms with Crippen molar-refractivity contribution < 1.29 is 9.18 Å². The monoisotopic (exact) mass is 382 g/mol. The van der Waals surface area contributed by atoms with Gasteiger partial charge < -0.3 is 5.32 Å². The van der Waals surface area contributed by atoms with Crippen LogP contribution in [0.1, 0.15) is 28.7 Å². The van der Waals surface area contributed by atoms with Crippen molar-refractivity contribution >= 4 is 39.9 Å². The summed E-state index contributed by atoms with van der Waals surface area (Å²) in [7, 11) is 0. The minimum absolute atomic E-state index is 0.0749. The number of anilines is 1. The Labute approximate surface area is 161 Å². The zero-order valence-corrected chi connectivity index (χ0v) is 15.9. The number of nitrogens with zero attached hydrogens (tertiary/aromatic N) is 2. The topological polar surface area (TPSA) is 65.8 Å². The molecule has 0 spiro atoms. The van der Waals surface area contributed by atoms with Crippen molar-refractivity contribution in [1.29, 1.82) is 0 Å². The molecule has 138 valence electrons. The highest BCUT2D eigenvalue weighted by Crippen LogP contribution is 2.28. The predicted octanol–water partition coefficient (Wildman–Crippen LogP) is 4.06. The Kier molecular flexibility index (Phi) is 4.70. The van der Waals surface area contributed by atoms with Gasteiger partial charge in [-0.2, -0.15) is 5.10 Å². The Morgan fingerprint density at radius 2 is 2.04 bits per heavy atom. The fourth-order valence-electron chi connectivity index (χ4n) is 3.18. The molecule has 27 heavy (non-hydrogen) atoms. The summed E-state index contributed by atoms with van der Waals surface area (Å²) >= 11 is 1.49. The Morgan fingerprint density at radius 3 is 2.78 bits per heavy atom. The van der Waals surface area contributed by atoms with E-state index in [9.17, 15) is 9.18 Å². The molecule has 2 aliphatic rings. The summed E-state index contributed by atoms with van der Waals surface area (Å²) in [5.41, 5.74) is 8.72. The molecule has 2 N–H and O–H groups in total. The van der Waals surface area contributed by atoms with E-state index in [1.807, 2.05) is 26.0 Å². The molecule has 2 heterocycles. The van der Waals surface area contributed by atoms with Crippen molar-refractivity contribution in [2.45, 2.75) is 26.7 Å². The van der Waals surface area contributed by atoms with Crippen molar-refractivity contribution in [3.8, 4) is 0 Å². The lowest BCUT2D eigenvalue weighted by Gasteiger charge is -2.20. The molecule has 2 aliphatic heterocycles. The maximum Gasteiger partial charge on any atom is 0.224 e. The zero-order valence-electron chi connectivity index (χ0n) is 15.1. The first-order valence-corrected chi connectivity index (χ1v) is 9.72. The van der Waals surface area contributed by atoms with Crippen LogP contribution in [0.4, 0.5) is 15.8 Å². The molecular weight excluding hydrogens is 363 g/mol. The van der Waals surface area contributed by atoms with Gasteiger partial charge in [0.15, 0.2) is 5.17 Å². The van der Waals surface area contributed by atoms with Gasteiger partial charge in [-0.05, 0) is 49.6 Å². The molecule has 2 aromatic rings. The number of carbonyl (C=O) groups is 1. The van der Waals surface area contributed by atoms with Crippen molar-refractivity contribution in [3.63, 3.8) is 0 Å². The SMILES string of the molecule is Cc1ccc(N=C2NN=C(c3cc4c(cc3F)NC(=O)CC4)CS2)c(C)c1. The van der Waals surface area contributed by atoms with Crippen LogP contribution in [0.3, 0.4) is 0 Å². The van der Waals surface area contributed by atoms with Gasteiger partial charge in [-0.25, -0.2) is 9.38 Å². The number of halogens is 1. The van der Waals surface area contributed by atoms with Crippen LogP contribution in [0.5, 0.6) is 0 Å². The smallest absolute Gasteiger partial charge is 0.224 e. The van der Waals surface area contributed by atoms with E-state index in [2.05, 4.69) is 26.9 Å². The summed E-state index contributed by atoms with van der Waals surface area (Å²) in [6.45, 7) is 4.07. The van der Waals surface area contributed by atoms with Crippen LogP contribution in [0.25, 0.3) is 0 Å². The molecule has 0 bridgehead atoms. The highest BCUT2D eigenvalue weighted by atomic mass is 32.2. The predicted molar refractivity (Wildman–Crippen MR) is 108 cm³/mol. The lowest BCUT2D eigenvalue weighted by Crippen LogP contribution is -2.26. The van der Waals surface area contributed by atoms with Gasteiger partial charge in [-0.15, -0.1) is 0 Å². The number of benzene rings is 2. The van der Waals surface area contributed by atoms with E-state index in [4.69, 9.17) is 0 Å². The summed E-state index contributed by atoms with van der Waals surface area (Å²) in [5.74, 6) is 0.0692. The Hall–Kier alpha value is -2.67. The summed E-state index contributed by atoms with van der Waals surface area (Å²) in [5, 5.41) is 7.74. The first-order valence-electron chi connectivity index (χ1n) is 8.73. The minimum atomic E-state index is -0.383. The Morgan fingerprint density at radius 1 is 1.19 bits per heavy atom. The van der Waals surface area contributed by atoms with E-state index in [0.29, 0.717) is 40.7 Å². The summed E-state index contributed by atoms with van der Waals surface area (Å²) in [6, 6.07) is 9.26. The third-order valence-electron chi connectivity index (χ3n) is 4.61. The molecule has 0 saturated carbocycles. The van der Waals surface area contributed by atoms with Crippen molar-refractivity contribution in [2.24, 2.45) is 10.1 Å². The van der Waals surface area contributed by atoms with Crippen molar-refractivity contribution in [2.75, 3.05) is 11.1 Å². The van der Waals surface area contributed by atoms with Crippen molar-refractivity contribution in [3.05, 3.63) is 58.4 Å². The van der Waals surface area contributed by atoms with Crippen LogP contribution < -0.4 is 10.7 Å². The fourth-order valence-corrected chi connectivity index (χ4v) is 3.94. The molecule has 2 aromatic carbocycles. The van der Waals surface area contributed by atoms with Gasteiger partial charge in [-0.1, -0.05) is 29.5 Å². The number of rotatable bonds is 2. The summed E-state index contributed by atoms with van der Waals surface area (Å²) in [6.07, 6.45) is 1.03. The number of thioether (sulfide) groups is 1. The molecule has 5 nitrogen and oxygen atoms in total. The van der Waals surface area contributed by atoms with E-state index in [1.165, 1.54) is 23.4 Å². The number of aliphatic imine (C=N–C) groups is 1. The van der Waals surface area contributed by atoms with Crippen LogP contribution in [0.15, 0.2) is 40.4 Å². The van der Waals surface area contributed by atoms with E-state index in [0.717, 1.165) is 16.8 Å². The Bertz CT molecular complexity index is 1000. The molecule has 7 heteroatoms. The largest absolute Gasteiger partial charge is 0.326 e. The number of carbonyl (C=O) groups excluding carboxylic acids is 1. The molecule has 0 aliphatic carbocycles. The van der Waals surface area contributed by atoms with Gasteiger partial charge in [0.1, 0.15) is 5.82 Å². The van der Waals surface area contributed by atoms with Crippen LogP contribution in [-0.2, 0) is 11.2 Å². The highest BCUT2D eigenvalue weighted by Gasteiger charge is 2.22. The van der Waals surface area contributed by atoms with E-state index in [1.54, 1.807) is 6.07 Å². The lowest BCUT2D eigenvalue weighted by atomic mass is 9.98. The average Bonchev–Trinajstić information content (AvgIpc) is 2.64. The van der Waals surface area contributed by atoms with Crippen LogP contribution in [0.2, 0.25) is 0 Å². The first-order chi connectivity index (χ1) is 13.0.